The molecule has 1 aromatic heterocycles. The zero-order valence-electron chi connectivity index (χ0n) is 10.9. The van der Waals surface area contributed by atoms with Crippen LogP contribution in [0.3, 0.4) is 0 Å². The van der Waals surface area contributed by atoms with E-state index in [1.54, 1.807) is 6.92 Å². The molecular formula is C11H19N3O3S. The smallest absolute Gasteiger partial charge is 0.343 e. The van der Waals surface area contributed by atoms with Crippen molar-refractivity contribution in [3.8, 4) is 0 Å². The van der Waals surface area contributed by atoms with E-state index in [0.717, 1.165) is 6.42 Å². The molecule has 1 heterocycles. The zero-order valence-corrected chi connectivity index (χ0v) is 11.7. The number of rotatable bonds is 7. The number of nitrogens with one attached hydrogen (secondary N) is 1. The molecule has 1 atom stereocenters. The van der Waals surface area contributed by atoms with E-state index < -0.39 is 0 Å². The predicted octanol–water partition coefficient (Wildman–Crippen LogP) is 1.42. The SMILES string of the molecule is CCCC(Sc1n[nH]c(=O)n1CC)C(=O)OCC. The van der Waals surface area contributed by atoms with E-state index in [2.05, 4.69) is 10.2 Å². The lowest BCUT2D eigenvalue weighted by Gasteiger charge is -2.13. The Hall–Kier alpha value is -1.24. The van der Waals surface area contributed by atoms with Crippen molar-refractivity contribution in [1.82, 2.24) is 14.8 Å². The summed E-state index contributed by atoms with van der Waals surface area (Å²) in [6, 6.07) is 0. The van der Waals surface area contributed by atoms with Gasteiger partial charge in [-0.25, -0.2) is 9.89 Å². The second kappa shape index (κ2) is 7.25. The van der Waals surface area contributed by atoms with Crippen LogP contribution in [0.1, 0.15) is 33.6 Å². The lowest BCUT2D eigenvalue weighted by atomic mass is 10.2. The lowest BCUT2D eigenvalue weighted by molar-refractivity contribution is -0.142. The van der Waals surface area contributed by atoms with Gasteiger partial charge >= 0.3 is 11.7 Å². The van der Waals surface area contributed by atoms with Gasteiger partial charge in [-0.2, -0.15) is 0 Å². The number of aromatic nitrogens is 3. The molecule has 0 saturated carbocycles. The van der Waals surface area contributed by atoms with Crippen LogP contribution < -0.4 is 5.69 Å². The third-order valence-corrected chi connectivity index (χ3v) is 3.62. The van der Waals surface area contributed by atoms with Crippen LogP contribution in [0, 0.1) is 0 Å². The van der Waals surface area contributed by atoms with Gasteiger partial charge in [-0.3, -0.25) is 9.36 Å². The van der Waals surface area contributed by atoms with Crippen molar-refractivity contribution < 1.29 is 9.53 Å². The molecule has 102 valence electrons. The fraction of sp³-hybridized carbons (Fsp3) is 0.727. The maximum Gasteiger partial charge on any atom is 0.343 e. The Morgan fingerprint density at radius 2 is 2.22 bits per heavy atom. The first-order valence-electron chi connectivity index (χ1n) is 6.12. The molecule has 0 radical (unpaired) electrons. The first-order chi connectivity index (χ1) is 8.63. The van der Waals surface area contributed by atoms with Crippen LogP contribution in [0.5, 0.6) is 0 Å². The van der Waals surface area contributed by atoms with Gasteiger partial charge < -0.3 is 4.74 Å². The topological polar surface area (TPSA) is 77.0 Å². The fourth-order valence-corrected chi connectivity index (χ4v) is 2.73. The first kappa shape index (κ1) is 14.8. The predicted molar refractivity (Wildman–Crippen MR) is 69.7 cm³/mol. The van der Waals surface area contributed by atoms with E-state index in [1.165, 1.54) is 16.3 Å². The average Bonchev–Trinajstić information content (AvgIpc) is 2.69. The Labute approximate surface area is 110 Å². The molecule has 0 fully saturated rings. The Morgan fingerprint density at radius 1 is 1.50 bits per heavy atom. The number of hydrogen-bond acceptors (Lipinski definition) is 5. The molecule has 0 saturated heterocycles. The molecule has 0 aliphatic heterocycles. The highest BCUT2D eigenvalue weighted by atomic mass is 32.2. The molecule has 7 heteroatoms. The van der Waals surface area contributed by atoms with Crippen molar-refractivity contribution >= 4 is 17.7 Å². The average molecular weight is 273 g/mol. The van der Waals surface area contributed by atoms with Gasteiger partial charge in [0.2, 0.25) is 0 Å². The van der Waals surface area contributed by atoms with Crippen molar-refractivity contribution in [2.24, 2.45) is 0 Å². The van der Waals surface area contributed by atoms with Gasteiger partial charge in [0.1, 0.15) is 5.25 Å². The molecule has 0 bridgehead atoms. The number of nitrogens with zero attached hydrogens (tertiary/aromatic N) is 2. The number of hydrogen-bond donors (Lipinski definition) is 1. The van der Waals surface area contributed by atoms with E-state index in [4.69, 9.17) is 4.74 Å². The number of thioether (sulfide) groups is 1. The number of esters is 1. The molecule has 1 rings (SSSR count). The molecule has 0 aliphatic rings. The summed E-state index contributed by atoms with van der Waals surface area (Å²) >= 11 is 1.28. The minimum absolute atomic E-state index is 0.248. The molecule has 1 aromatic rings. The minimum atomic E-state index is -0.310. The van der Waals surface area contributed by atoms with Gasteiger partial charge in [0, 0.05) is 6.54 Å². The van der Waals surface area contributed by atoms with Crippen LogP contribution in [0.2, 0.25) is 0 Å². The highest BCUT2D eigenvalue weighted by molar-refractivity contribution is 8.00. The van der Waals surface area contributed by atoms with Crippen molar-refractivity contribution in [1.29, 1.82) is 0 Å². The molecule has 0 spiro atoms. The number of carbonyl (C=O) groups is 1. The first-order valence-corrected chi connectivity index (χ1v) is 7.00. The Balaban J connectivity index is 2.82. The molecular weight excluding hydrogens is 254 g/mol. The molecule has 0 aliphatic carbocycles. The van der Waals surface area contributed by atoms with Crippen LogP contribution in [0.15, 0.2) is 9.95 Å². The molecule has 0 aromatic carbocycles. The van der Waals surface area contributed by atoms with Crippen molar-refractivity contribution in [2.75, 3.05) is 6.61 Å². The quantitative estimate of drug-likeness (QED) is 0.600. The minimum Gasteiger partial charge on any atom is -0.465 e. The lowest BCUT2D eigenvalue weighted by Crippen LogP contribution is -2.22. The van der Waals surface area contributed by atoms with Gasteiger partial charge in [0.05, 0.1) is 6.61 Å². The highest BCUT2D eigenvalue weighted by Gasteiger charge is 2.23. The van der Waals surface area contributed by atoms with E-state index in [0.29, 0.717) is 24.7 Å². The van der Waals surface area contributed by atoms with Crippen LogP contribution in [-0.2, 0) is 16.1 Å². The van der Waals surface area contributed by atoms with Crippen LogP contribution in [0.25, 0.3) is 0 Å². The summed E-state index contributed by atoms with van der Waals surface area (Å²) in [6.07, 6.45) is 1.57. The second-order valence-corrected chi connectivity index (χ2v) is 4.87. The largest absolute Gasteiger partial charge is 0.465 e. The molecule has 1 unspecified atom stereocenters. The summed E-state index contributed by atoms with van der Waals surface area (Å²) in [6.45, 7) is 6.53. The monoisotopic (exact) mass is 273 g/mol. The van der Waals surface area contributed by atoms with E-state index >= 15 is 0 Å². The van der Waals surface area contributed by atoms with Crippen LogP contribution >= 0.6 is 11.8 Å². The van der Waals surface area contributed by atoms with E-state index in [-0.39, 0.29) is 16.9 Å². The molecule has 18 heavy (non-hydrogen) atoms. The number of carbonyl (C=O) groups excluding carboxylic acids is 1. The zero-order chi connectivity index (χ0) is 13.5. The summed E-state index contributed by atoms with van der Waals surface area (Å²) in [5.41, 5.74) is -0.251. The second-order valence-electron chi connectivity index (χ2n) is 3.70. The summed E-state index contributed by atoms with van der Waals surface area (Å²) < 4.78 is 6.53. The van der Waals surface area contributed by atoms with E-state index in [1.807, 2.05) is 13.8 Å². The summed E-state index contributed by atoms with van der Waals surface area (Å²) in [4.78, 5) is 23.2. The third-order valence-electron chi connectivity index (χ3n) is 2.39. The number of H-pyrrole nitrogens is 1. The Bertz CT molecular complexity index is 441. The maximum absolute atomic E-state index is 11.8. The van der Waals surface area contributed by atoms with Crippen molar-refractivity contribution in [3.05, 3.63) is 10.5 Å². The van der Waals surface area contributed by atoms with Gasteiger partial charge in [-0.15, -0.1) is 5.10 Å². The van der Waals surface area contributed by atoms with Gasteiger partial charge in [0.25, 0.3) is 0 Å². The molecule has 1 N–H and O–H groups in total. The molecule has 0 amide bonds. The summed E-state index contributed by atoms with van der Waals surface area (Å²) in [7, 11) is 0. The summed E-state index contributed by atoms with van der Waals surface area (Å²) in [5.74, 6) is -0.248. The summed E-state index contributed by atoms with van der Waals surface area (Å²) in [5, 5.41) is 6.55. The van der Waals surface area contributed by atoms with Gasteiger partial charge in [-0.05, 0) is 20.3 Å². The Kier molecular flexibility index (Phi) is 5.97. The van der Waals surface area contributed by atoms with Crippen molar-refractivity contribution in [3.63, 3.8) is 0 Å². The van der Waals surface area contributed by atoms with Crippen LogP contribution in [0.4, 0.5) is 0 Å². The number of ether oxygens (including phenoxy) is 1. The van der Waals surface area contributed by atoms with E-state index in [9.17, 15) is 9.59 Å². The fourth-order valence-electron chi connectivity index (χ4n) is 1.52. The maximum atomic E-state index is 11.8. The highest BCUT2D eigenvalue weighted by Crippen LogP contribution is 2.24. The standard InChI is InChI=1S/C11H19N3O3S/c1-4-7-8(9(15)17-6-3)18-11-13-12-10(16)14(11)5-2/h8H,4-7H2,1-3H3,(H,12,16). The van der Waals surface area contributed by atoms with Gasteiger partial charge in [0.15, 0.2) is 5.16 Å². The van der Waals surface area contributed by atoms with Crippen LogP contribution in [-0.4, -0.2) is 32.6 Å². The number of aromatic amines is 1. The van der Waals surface area contributed by atoms with Gasteiger partial charge in [-0.1, -0.05) is 25.1 Å². The third kappa shape index (κ3) is 3.63. The Morgan fingerprint density at radius 3 is 2.78 bits per heavy atom. The van der Waals surface area contributed by atoms with Crippen molar-refractivity contribution in [2.45, 2.75) is 50.6 Å². The normalized spacial score (nSPS) is 12.4. The molecule has 6 nitrogen and oxygen atoms in total.